The zero-order valence-corrected chi connectivity index (χ0v) is 22.9. The van der Waals surface area contributed by atoms with Crippen LogP contribution in [0.2, 0.25) is 0 Å². The monoisotopic (exact) mass is 531 g/mol. The molecule has 39 heavy (non-hydrogen) atoms. The molecule has 2 aliphatic heterocycles. The summed E-state index contributed by atoms with van der Waals surface area (Å²) in [6.07, 6.45) is 2.08. The average molecular weight is 532 g/mol. The number of likely N-dealkylation sites (tertiary alicyclic amines) is 1. The molecule has 0 radical (unpaired) electrons. The van der Waals surface area contributed by atoms with Crippen molar-refractivity contribution in [2.75, 3.05) is 7.05 Å². The molecule has 2 bridgehead atoms. The maximum atomic E-state index is 15.2. The quantitative estimate of drug-likeness (QED) is 0.490. The van der Waals surface area contributed by atoms with E-state index in [1.54, 1.807) is 55.8 Å². The van der Waals surface area contributed by atoms with Crippen LogP contribution < -0.4 is 0 Å². The Labute approximate surface area is 228 Å². The summed E-state index contributed by atoms with van der Waals surface area (Å²) in [5.41, 5.74) is 2.77. The predicted molar refractivity (Wildman–Crippen MR) is 143 cm³/mol. The number of nitriles is 1. The van der Waals surface area contributed by atoms with Gasteiger partial charge in [-0.15, -0.1) is 0 Å². The molecule has 1 saturated heterocycles. The molecule has 0 spiro atoms. The lowest BCUT2D eigenvalue weighted by atomic mass is 9.87. The first-order chi connectivity index (χ1) is 18.4. The number of rotatable bonds is 6. The number of amides is 2. The van der Waals surface area contributed by atoms with Crippen LogP contribution in [-0.2, 0) is 22.5 Å². The van der Waals surface area contributed by atoms with Crippen molar-refractivity contribution in [1.82, 2.24) is 9.80 Å². The van der Waals surface area contributed by atoms with E-state index >= 15 is 4.39 Å². The molecular formula is C31H34FN3O4. The van der Waals surface area contributed by atoms with E-state index in [9.17, 15) is 19.6 Å². The van der Waals surface area contributed by atoms with Crippen molar-refractivity contribution in [2.24, 2.45) is 11.8 Å². The Morgan fingerprint density at radius 2 is 1.87 bits per heavy atom. The lowest BCUT2D eigenvalue weighted by Crippen LogP contribution is -2.51. The molecule has 1 saturated carbocycles. The Morgan fingerprint density at radius 1 is 1.15 bits per heavy atom. The summed E-state index contributed by atoms with van der Waals surface area (Å²) in [6.45, 7) is 5.91. The van der Waals surface area contributed by atoms with Gasteiger partial charge in [-0.05, 0) is 92.8 Å². The van der Waals surface area contributed by atoms with Crippen molar-refractivity contribution in [1.29, 1.82) is 5.26 Å². The maximum absolute atomic E-state index is 15.2. The first kappa shape index (κ1) is 26.9. The van der Waals surface area contributed by atoms with Gasteiger partial charge in [-0.3, -0.25) is 14.5 Å². The van der Waals surface area contributed by atoms with Crippen LogP contribution in [0.1, 0.15) is 67.9 Å². The van der Waals surface area contributed by atoms with E-state index in [4.69, 9.17) is 4.74 Å². The molecule has 5 rings (SSSR count). The highest BCUT2D eigenvalue weighted by atomic mass is 19.1. The summed E-state index contributed by atoms with van der Waals surface area (Å²) in [7, 11) is 1.75. The summed E-state index contributed by atoms with van der Waals surface area (Å²) < 4.78 is 20.8. The third kappa shape index (κ3) is 5.27. The predicted octanol–water partition coefficient (Wildman–Crippen LogP) is 5.51. The van der Waals surface area contributed by atoms with Gasteiger partial charge in [-0.2, -0.15) is 5.26 Å². The van der Waals surface area contributed by atoms with Crippen LogP contribution in [0.15, 0.2) is 36.4 Å². The van der Waals surface area contributed by atoms with E-state index in [1.807, 2.05) is 12.1 Å². The summed E-state index contributed by atoms with van der Waals surface area (Å²) in [5, 5.41) is 9.83. The van der Waals surface area contributed by atoms with Crippen LogP contribution in [0.4, 0.5) is 9.18 Å². The lowest BCUT2D eigenvalue weighted by molar-refractivity contribution is -0.126. The molecule has 2 aromatic carbocycles. The van der Waals surface area contributed by atoms with Gasteiger partial charge in [0.1, 0.15) is 11.4 Å². The summed E-state index contributed by atoms with van der Waals surface area (Å²) in [4.78, 5) is 41.7. The van der Waals surface area contributed by atoms with Gasteiger partial charge >= 0.3 is 6.09 Å². The fourth-order valence-electron chi connectivity index (χ4n) is 6.31. The number of halogens is 1. The van der Waals surface area contributed by atoms with Crippen LogP contribution in [0, 0.1) is 29.0 Å². The number of hydrogen-bond donors (Lipinski definition) is 0. The topological polar surface area (TPSA) is 90.7 Å². The molecule has 204 valence electrons. The Kier molecular flexibility index (Phi) is 6.96. The second kappa shape index (κ2) is 10.1. The van der Waals surface area contributed by atoms with Crippen molar-refractivity contribution in [3.63, 3.8) is 0 Å². The number of nitrogens with zero attached hydrogens (tertiary/aromatic N) is 3. The smallest absolute Gasteiger partial charge is 0.411 e. The Balaban J connectivity index is 1.28. The molecule has 2 aromatic rings. The number of ether oxygens (including phenoxy) is 1. The van der Waals surface area contributed by atoms with Gasteiger partial charge in [-0.1, -0.05) is 18.2 Å². The standard InChI is InChI=1S/C31H34FN3O4/c1-31(2,3)39-30(38)35-24-9-7-22(14-24)28(35)27(36)12-18(16-33)11-21-6-5-20(15-26(21)32)19-8-10-25-23(13-19)17-34(4)29(25)37/h5-6,8,10,13,15,18,22,24,28H,7,9,11-12,14,17H2,1-4H3/t18-,22+,24-,28+/m1/s1. The van der Waals surface area contributed by atoms with Crippen LogP contribution in [0.3, 0.4) is 0 Å². The number of hydrogen-bond acceptors (Lipinski definition) is 5. The van der Waals surface area contributed by atoms with Gasteiger partial charge < -0.3 is 9.64 Å². The minimum atomic E-state index is -0.709. The molecule has 8 heteroatoms. The van der Waals surface area contributed by atoms with Crippen molar-refractivity contribution < 1.29 is 23.5 Å². The summed E-state index contributed by atoms with van der Waals surface area (Å²) in [6, 6.07) is 12.0. The number of ketones is 1. The number of carbonyl (C=O) groups is 3. The SMILES string of the molecule is CN1Cc2cc(-c3ccc(C[C@@H](C#N)CC(=O)[C@@H]4[C@H]5CC[C@H](C5)N4C(=O)OC(C)(C)C)c(F)c3)ccc2C1=O. The van der Waals surface area contributed by atoms with Crippen molar-refractivity contribution in [2.45, 2.75) is 77.1 Å². The van der Waals surface area contributed by atoms with E-state index in [1.165, 1.54) is 6.07 Å². The average Bonchev–Trinajstić information content (AvgIpc) is 3.57. The molecule has 2 fully saturated rings. The van der Waals surface area contributed by atoms with Gasteiger partial charge in [0.15, 0.2) is 5.78 Å². The summed E-state index contributed by atoms with van der Waals surface area (Å²) in [5.74, 6) is -1.25. The van der Waals surface area contributed by atoms with E-state index in [0.717, 1.165) is 30.4 Å². The van der Waals surface area contributed by atoms with Crippen LogP contribution in [0.25, 0.3) is 11.1 Å². The first-order valence-electron chi connectivity index (χ1n) is 13.6. The van der Waals surface area contributed by atoms with Crippen LogP contribution in [-0.4, -0.2) is 52.3 Å². The van der Waals surface area contributed by atoms with Crippen molar-refractivity contribution >= 4 is 17.8 Å². The number of benzene rings is 2. The molecule has 2 heterocycles. The summed E-state index contributed by atoms with van der Waals surface area (Å²) >= 11 is 0. The highest BCUT2D eigenvalue weighted by Crippen LogP contribution is 2.44. The molecule has 0 N–H and O–H groups in total. The Hall–Kier alpha value is -3.73. The van der Waals surface area contributed by atoms with Gasteiger partial charge in [0.25, 0.3) is 5.91 Å². The second-order valence-electron chi connectivity index (χ2n) is 12.1. The number of piperidine rings is 1. The molecule has 2 amide bonds. The lowest BCUT2D eigenvalue weighted by Gasteiger charge is -2.35. The van der Waals surface area contributed by atoms with Gasteiger partial charge in [0.2, 0.25) is 0 Å². The largest absolute Gasteiger partial charge is 0.444 e. The number of Topliss-reactive ketones (excluding diaryl/α,β-unsaturated/α-hetero) is 1. The number of carbonyl (C=O) groups excluding carboxylic acids is 3. The second-order valence-corrected chi connectivity index (χ2v) is 12.1. The maximum Gasteiger partial charge on any atom is 0.411 e. The van der Waals surface area contributed by atoms with Crippen LogP contribution >= 0.6 is 0 Å². The van der Waals surface area contributed by atoms with Crippen molar-refractivity contribution in [3.8, 4) is 17.2 Å². The van der Waals surface area contributed by atoms with Gasteiger partial charge in [-0.25, -0.2) is 9.18 Å². The van der Waals surface area contributed by atoms with Crippen LogP contribution in [0.5, 0.6) is 0 Å². The first-order valence-corrected chi connectivity index (χ1v) is 13.6. The molecule has 1 aliphatic carbocycles. The highest BCUT2D eigenvalue weighted by molar-refractivity contribution is 5.98. The molecule has 3 aliphatic rings. The molecule has 0 unspecified atom stereocenters. The third-order valence-corrected chi connectivity index (χ3v) is 8.09. The molecule has 7 nitrogen and oxygen atoms in total. The minimum absolute atomic E-state index is 0.0120. The zero-order valence-electron chi connectivity index (χ0n) is 22.9. The van der Waals surface area contributed by atoms with Gasteiger partial charge in [0.05, 0.1) is 18.0 Å². The number of fused-ring (bicyclic) bond motifs is 3. The Bertz CT molecular complexity index is 1370. The van der Waals surface area contributed by atoms with Gasteiger partial charge in [0, 0.05) is 31.6 Å². The van der Waals surface area contributed by atoms with E-state index in [2.05, 4.69) is 6.07 Å². The highest BCUT2D eigenvalue weighted by Gasteiger charge is 2.52. The fraction of sp³-hybridized carbons (Fsp3) is 0.484. The van der Waals surface area contributed by atoms with Crippen molar-refractivity contribution in [3.05, 3.63) is 58.9 Å². The molecule has 0 aromatic heterocycles. The zero-order chi connectivity index (χ0) is 28.1. The minimum Gasteiger partial charge on any atom is -0.444 e. The Morgan fingerprint density at radius 3 is 2.56 bits per heavy atom. The normalized spacial score (nSPS) is 22.6. The van der Waals surface area contributed by atoms with E-state index in [0.29, 0.717) is 23.2 Å². The molecule has 4 atom stereocenters. The van der Waals surface area contributed by atoms with E-state index in [-0.39, 0.29) is 36.5 Å². The molecular weight excluding hydrogens is 497 g/mol. The van der Waals surface area contributed by atoms with E-state index < -0.39 is 29.5 Å². The fourth-order valence-corrected chi connectivity index (χ4v) is 6.31. The third-order valence-electron chi connectivity index (χ3n) is 8.09.